The molecule has 0 aliphatic heterocycles. The Kier molecular flexibility index (Phi) is 6.51. The molecular formula is C20H15F3N6OS2. The number of halogens is 3. The van der Waals surface area contributed by atoms with E-state index in [1.54, 1.807) is 18.3 Å². The Morgan fingerprint density at radius 2 is 1.78 bits per heavy atom. The third-order valence-corrected chi connectivity index (χ3v) is 5.89. The van der Waals surface area contributed by atoms with E-state index in [0.717, 1.165) is 16.0 Å². The Morgan fingerprint density at radius 1 is 1.03 bits per heavy atom. The number of nitrogens with one attached hydrogen (secondary N) is 3. The second kappa shape index (κ2) is 9.49. The summed E-state index contributed by atoms with van der Waals surface area (Å²) in [6, 6.07) is 12.3. The molecule has 12 heteroatoms. The van der Waals surface area contributed by atoms with E-state index in [1.807, 2.05) is 12.1 Å². The summed E-state index contributed by atoms with van der Waals surface area (Å²) < 4.78 is 37.6. The third-order valence-electron chi connectivity index (χ3n) is 4.10. The second-order valence-electron chi connectivity index (χ2n) is 6.45. The van der Waals surface area contributed by atoms with Gasteiger partial charge in [-0.05, 0) is 47.7 Å². The molecule has 0 unspecified atom stereocenters. The van der Waals surface area contributed by atoms with Crippen molar-refractivity contribution >= 4 is 52.0 Å². The van der Waals surface area contributed by atoms with Crippen molar-refractivity contribution in [2.45, 2.75) is 21.2 Å². The molecule has 0 fully saturated rings. The van der Waals surface area contributed by atoms with Crippen LogP contribution in [0.3, 0.4) is 0 Å². The van der Waals surface area contributed by atoms with Crippen LogP contribution in [0.2, 0.25) is 0 Å². The van der Waals surface area contributed by atoms with Crippen LogP contribution in [0.5, 0.6) is 0 Å². The number of anilines is 2. The predicted octanol–water partition coefficient (Wildman–Crippen LogP) is 5.90. The predicted molar refractivity (Wildman–Crippen MR) is 119 cm³/mol. The Hall–Kier alpha value is -3.25. The lowest BCUT2D eigenvalue weighted by molar-refractivity contribution is -0.0328. The highest BCUT2D eigenvalue weighted by Gasteiger charge is 2.29. The summed E-state index contributed by atoms with van der Waals surface area (Å²) in [6.07, 6.45) is 3.13. The average molecular weight is 477 g/mol. The SMILES string of the molecule is O=C(Nc1cccc(CSc2ncnc3[nH]ncc23)c1)Nc1cccc(SC(F)(F)F)c1. The van der Waals surface area contributed by atoms with E-state index in [9.17, 15) is 18.0 Å². The molecule has 2 amide bonds. The molecule has 4 rings (SSSR count). The van der Waals surface area contributed by atoms with Gasteiger partial charge in [-0.2, -0.15) is 18.3 Å². The van der Waals surface area contributed by atoms with Gasteiger partial charge in [0.2, 0.25) is 0 Å². The van der Waals surface area contributed by atoms with Gasteiger partial charge in [0, 0.05) is 22.0 Å². The van der Waals surface area contributed by atoms with Crippen molar-refractivity contribution in [3.63, 3.8) is 0 Å². The quantitative estimate of drug-likeness (QED) is 0.237. The number of H-pyrrole nitrogens is 1. The van der Waals surface area contributed by atoms with Crippen LogP contribution in [0.4, 0.5) is 29.3 Å². The first-order valence-corrected chi connectivity index (χ1v) is 11.0. The number of carbonyl (C=O) groups is 1. The highest BCUT2D eigenvalue weighted by atomic mass is 32.2. The Morgan fingerprint density at radius 3 is 2.56 bits per heavy atom. The summed E-state index contributed by atoms with van der Waals surface area (Å²) in [4.78, 5) is 20.7. The molecule has 0 saturated heterocycles. The largest absolute Gasteiger partial charge is 0.446 e. The minimum absolute atomic E-state index is 0.00854. The van der Waals surface area contributed by atoms with Gasteiger partial charge in [0.1, 0.15) is 11.4 Å². The van der Waals surface area contributed by atoms with Crippen LogP contribution >= 0.6 is 23.5 Å². The maximum Gasteiger partial charge on any atom is 0.446 e. The fraction of sp³-hybridized carbons (Fsp3) is 0.100. The highest BCUT2D eigenvalue weighted by Crippen LogP contribution is 2.37. The Labute approximate surface area is 188 Å². The summed E-state index contributed by atoms with van der Waals surface area (Å²) in [5.41, 5.74) is -1.97. The number of hydrogen-bond acceptors (Lipinski definition) is 6. The zero-order chi connectivity index (χ0) is 22.6. The van der Waals surface area contributed by atoms with Crippen LogP contribution < -0.4 is 10.6 Å². The van der Waals surface area contributed by atoms with Crippen molar-refractivity contribution in [3.8, 4) is 0 Å². The topological polar surface area (TPSA) is 95.6 Å². The van der Waals surface area contributed by atoms with Gasteiger partial charge >= 0.3 is 11.5 Å². The van der Waals surface area contributed by atoms with Crippen LogP contribution in [-0.2, 0) is 5.75 Å². The molecule has 4 aromatic rings. The lowest BCUT2D eigenvalue weighted by Crippen LogP contribution is -2.19. The number of fused-ring (bicyclic) bond motifs is 1. The summed E-state index contributed by atoms with van der Waals surface area (Å²) in [5.74, 6) is 0.602. The van der Waals surface area contributed by atoms with Crippen LogP contribution in [0.15, 0.2) is 71.0 Å². The van der Waals surface area contributed by atoms with Crippen molar-refractivity contribution in [2.24, 2.45) is 0 Å². The molecular weight excluding hydrogens is 461 g/mol. The number of hydrogen-bond donors (Lipinski definition) is 3. The van der Waals surface area contributed by atoms with Gasteiger partial charge < -0.3 is 10.6 Å². The van der Waals surface area contributed by atoms with E-state index in [-0.39, 0.29) is 22.3 Å². The number of alkyl halides is 3. The van der Waals surface area contributed by atoms with E-state index in [0.29, 0.717) is 17.1 Å². The molecule has 164 valence electrons. The number of thioether (sulfide) groups is 2. The zero-order valence-electron chi connectivity index (χ0n) is 16.2. The minimum atomic E-state index is -4.39. The number of benzene rings is 2. The number of carbonyl (C=O) groups excluding carboxylic acids is 1. The third kappa shape index (κ3) is 5.92. The summed E-state index contributed by atoms with van der Waals surface area (Å²) in [6.45, 7) is 0. The molecule has 0 spiro atoms. The minimum Gasteiger partial charge on any atom is -0.308 e. The molecule has 0 radical (unpaired) electrons. The second-order valence-corrected chi connectivity index (χ2v) is 8.56. The fourth-order valence-electron chi connectivity index (χ4n) is 2.81. The van der Waals surface area contributed by atoms with E-state index in [1.165, 1.54) is 42.4 Å². The van der Waals surface area contributed by atoms with Gasteiger partial charge in [0.15, 0.2) is 5.65 Å². The lowest BCUT2D eigenvalue weighted by atomic mass is 10.2. The summed E-state index contributed by atoms with van der Waals surface area (Å²) >= 11 is 1.27. The van der Waals surface area contributed by atoms with Gasteiger partial charge in [0.05, 0.1) is 11.6 Å². The van der Waals surface area contributed by atoms with E-state index in [2.05, 4.69) is 30.8 Å². The van der Waals surface area contributed by atoms with Gasteiger partial charge in [0.25, 0.3) is 0 Å². The highest BCUT2D eigenvalue weighted by molar-refractivity contribution is 8.00. The fourth-order valence-corrected chi connectivity index (χ4v) is 4.32. The van der Waals surface area contributed by atoms with Crippen LogP contribution in [0.1, 0.15) is 5.56 Å². The number of rotatable bonds is 6. The molecule has 0 aliphatic carbocycles. The Bertz CT molecular complexity index is 1250. The molecule has 7 nitrogen and oxygen atoms in total. The molecule has 0 bridgehead atoms. The molecule has 2 aromatic heterocycles. The number of aromatic amines is 1. The first kappa shape index (κ1) is 22.0. The number of amides is 2. The molecule has 32 heavy (non-hydrogen) atoms. The first-order chi connectivity index (χ1) is 15.4. The molecule has 0 aliphatic rings. The van der Waals surface area contributed by atoms with Gasteiger partial charge in [-0.25, -0.2) is 14.8 Å². The maximum absolute atomic E-state index is 12.5. The zero-order valence-corrected chi connectivity index (χ0v) is 17.8. The van der Waals surface area contributed by atoms with E-state index in [4.69, 9.17) is 0 Å². The molecule has 2 aromatic carbocycles. The number of urea groups is 1. The van der Waals surface area contributed by atoms with Crippen molar-refractivity contribution in [2.75, 3.05) is 10.6 Å². The van der Waals surface area contributed by atoms with Crippen LogP contribution in [0.25, 0.3) is 11.0 Å². The molecule has 0 saturated carbocycles. The van der Waals surface area contributed by atoms with Gasteiger partial charge in [-0.3, -0.25) is 5.10 Å². The molecule has 3 N–H and O–H groups in total. The monoisotopic (exact) mass is 476 g/mol. The van der Waals surface area contributed by atoms with Crippen molar-refractivity contribution in [3.05, 3.63) is 66.6 Å². The maximum atomic E-state index is 12.5. The average Bonchev–Trinajstić information content (AvgIpc) is 3.21. The van der Waals surface area contributed by atoms with Gasteiger partial charge in [-0.15, -0.1) is 11.8 Å². The van der Waals surface area contributed by atoms with E-state index >= 15 is 0 Å². The summed E-state index contributed by atoms with van der Waals surface area (Å²) in [7, 11) is 0. The number of nitrogens with zero attached hydrogens (tertiary/aromatic N) is 3. The van der Waals surface area contributed by atoms with Crippen molar-refractivity contribution in [1.82, 2.24) is 20.2 Å². The first-order valence-electron chi connectivity index (χ1n) is 9.15. The standard InChI is InChI=1S/C20H15F3N6OS2/c21-20(22,23)32-15-6-2-5-14(8-15)28-19(30)27-13-4-1-3-12(7-13)10-31-18-16-9-26-29-17(16)24-11-25-18/h1-9,11H,10H2,(H2,27,28,30)(H,24,25,26,29). The summed E-state index contributed by atoms with van der Waals surface area (Å²) in [5, 5.41) is 13.6. The smallest absolute Gasteiger partial charge is 0.308 e. The van der Waals surface area contributed by atoms with Crippen molar-refractivity contribution in [1.29, 1.82) is 0 Å². The molecule has 2 heterocycles. The van der Waals surface area contributed by atoms with Crippen molar-refractivity contribution < 1.29 is 18.0 Å². The normalized spacial score (nSPS) is 11.5. The van der Waals surface area contributed by atoms with Gasteiger partial charge in [-0.1, -0.05) is 18.2 Å². The lowest BCUT2D eigenvalue weighted by Gasteiger charge is -2.11. The van der Waals surface area contributed by atoms with Crippen LogP contribution in [0, 0.1) is 0 Å². The number of aromatic nitrogens is 4. The van der Waals surface area contributed by atoms with E-state index < -0.39 is 11.5 Å². The molecule has 0 atom stereocenters. The van der Waals surface area contributed by atoms with Crippen LogP contribution in [-0.4, -0.2) is 31.7 Å². The Balaban J connectivity index is 1.37.